The maximum absolute atomic E-state index is 12.5. The van der Waals surface area contributed by atoms with Crippen LogP contribution in [0, 0.1) is 6.92 Å². The Balaban J connectivity index is 1.54. The molecule has 4 nitrogen and oxygen atoms in total. The predicted molar refractivity (Wildman–Crippen MR) is 125 cm³/mol. The maximum Gasteiger partial charge on any atom is 0.257 e. The van der Waals surface area contributed by atoms with E-state index in [1.54, 1.807) is 23.5 Å². The third-order valence-electron chi connectivity index (χ3n) is 4.37. The van der Waals surface area contributed by atoms with Crippen molar-refractivity contribution in [3.05, 3.63) is 82.9 Å². The number of carbonyl (C=O) groups is 1. The Kier molecular flexibility index (Phi) is 5.58. The highest BCUT2D eigenvalue weighted by molar-refractivity contribution is 7.80. The lowest BCUT2D eigenvalue weighted by molar-refractivity contribution is 0.0977. The zero-order valence-corrected chi connectivity index (χ0v) is 17.8. The Bertz CT molecular complexity index is 1200. The first-order chi connectivity index (χ1) is 14.0. The molecule has 0 radical (unpaired) electrons. The number of halogens is 1. The normalized spacial score (nSPS) is 10.7. The third kappa shape index (κ3) is 4.29. The molecule has 1 aromatic heterocycles. The van der Waals surface area contributed by atoms with Crippen LogP contribution in [0.15, 0.2) is 66.7 Å². The summed E-state index contributed by atoms with van der Waals surface area (Å²) in [4.78, 5) is 17.1. The minimum absolute atomic E-state index is 0.182. The van der Waals surface area contributed by atoms with Gasteiger partial charge in [-0.15, -0.1) is 11.3 Å². The lowest BCUT2D eigenvalue weighted by Gasteiger charge is -2.12. The molecule has 0 atom stereocenters. The van der Waals surface area contributed by atoms with Crippen molar-refractivity contribution in [3.63, 3.8) is 0 Å². The smallest absolute Gasteiger partial charge is 0.257 e. The molecule has 1 heterocycles. The van der Waals surface area contributed by atoms with Crippen LogP contribution in [0.1, 0.15) is 15.9 Å². The van der Waals surface area contributed by atoms with E-state index < -0.39 is 0 Å². The average Bonchev–Trinajstić information content (AvgIpc) is 3.14. The van der Waals surface area contributed by atoms with Crippen LogP contribution in [0.25, 0.3) is 20.8 Å². The van der Waals surface area contributed by atoms with Crippen LogP contribution in [0.2, 0.25) is 5.02 Å². The molecule has 0 fully saturated rings. The van der Waals surface area contributed by atoms with Gasteiger partial charge in [0, 0.05) is 11.1 Å². The second-order valence-corrected chi connectivity index (χ2v) is 8.25. The van der Waals surface area contributed by atoms with Crippen LogP contribution in [0.4, 0.5) is 5.69 Å². The van der Waals surface area contributed by atoms with E-state index in [4.69, 9.17) is 23.8 Å². The van der Waals surface area contributed by atoms with Crippen LogP contribution in [-0.2, 0) is 0 Å². The Morgan fingerprint density at radius 2 is 1.83 bits per heavy atom. The molecule has 29 heavy (non-hydrogen) atoms. The van der Waals surface area contributed by atoms with E-state index in [-0.39, 0.29) is 11.0 Å². The Morgan fingerprint density at radius 3 is 2.62 bits per heavy atom. The van der Waals surface area contributed by atoms with Crippen LogP contribution in [0.3, 0.4) is 0 Å². The van der Waals surface area contributed by atoms with E-state index in [1.165, 1.54) is 0 Å². The number of fused-ring (bicyclic) bond motifs is 1. The molecule has 7 heteroatoms. The van der Waals surface area contributed by atoms with Gasteiger partial charge in [0.2, 0.25) is 0 Å². The van der Waals surface area contributed by atoms with E-state index in [2.05, 4.69) is 15.6 Å². The van der Waals surface area contributed by atoms with E-state index in [0.717, 1.165) is 26.4 Å². The number of nitrogens with one attached hydrogen (secondary N) is 2. The van der Waals surface area contributed by atoms with Gasteiger partial charge in [0.1, 0.15) is 5.01 Å². The first kappa shape index (κ1) is 19.5. The van der Waals surface area contributed by atoms with E-state index >= 15 is 0 Å². The van der Waals surface area contributed by atoms with Crippen molar-refractivity contribution < 1.29 is 4.79 Å². The molecule has 0 aliphatic carbocycles. The monoisotopic (exact) mass is 437 g/mol. The number of thiazole rings is 1. The molecule has 3 aromatic carbocycles. The molecule has 0 aliphatic heterocycles. The summed E-state index contributed by atoms with van der Waals surface area (Å²) in [6.07, 6.45) is 0. The summed E-state index contributed by atoms with van der Waals surface area (Å²) in [5, 5.41) is 7.30. The molecule has 0 unspecified atom stereocenters. The zero-order chi connectivity index (χ0) is 20.4. The number of nitrogens with zero attached hydrogens (tertiary/aromatic N) is 1. The molecule has 0 spiro atoms. The standard InChI is InChI=1S/C22H16ClN3OS2/c1-13-6-2-3-7-15(13)20(27)26-22(28)25-18-12-14(10-11-16(18)23)21-24-17-8-4-5-9-19(17)29-21/h2-12H,1H3,(H2,25,26,27,28). The minimum Gasteiger partial charge on any atom is -0.331 e. The summed E-state index contributed by atoms with van der Waals surface area (Å²) < 4.78 is 1.12. The predicted octanol–water partition coefficient (Wildman–Crippen LogP) is 6.05. The number of aromatic nitrogens is 1. The average molecular weight is 438 g/mol. The maximum atomic E-state index is 12.5. The van der Waals surface area contributed by atoms with Crippen molar-refractivity contribution in [1.29, 1.82) is 0 Å². The van der Waals surface area contributed by atoms with Gasteiger partial charge < -0.3 is 5.32 Å². The van der Waals surface area contributed by atoms with Crippen molar-refractivity contribution >= 4 is 62.1 Å². The van der Waals surface area contributed by atoms with Crippen LogP contribution >= 0.6 is 35.2 Å². The molecule has 0 aliphatic rings. The summed E-state index contributed by atoms with van der Waals surface area (Å²) >= 11 is 13.3. The summed E-state index contributed by atoms with van der Waals surface area (Å²) in [6.45, 7) is 1.88. The topological polar surface area (TPSA) is 54.0 Å². The molecule has 144 valence electrons. The van der Waals surface area contributed by atoms with Gasteiger partial charge in [-0.2, -0.15) is 0 Å². The minimum atomic E-state index is -0.265. The number of hydrogen-bond donors (Lipinski definition) is 2. The number of para-hydroxylation sites is 1. The van der Waals surface area contributed by atoms with Crippen LogP contribution in [-0.4, -0.2) is 16.0 Å². The van der Waals surface area contributed by atoms with Crippen LogP contribution < -0.4 is 10.6 Å². The summed E-state index contributed by atoms with van der Waals surface area (Å²) in [5.41, 5.74) is 3.94. The second kappa shape index (κ2) is 8.29. The highest BCUT2D eigenvalue weighted by Gasteiger charge is 2.13. The number of aryl methyl sites for hydroxylation is 1. The van der Waals surface area contributed by atoms with Crippen LogP contribution in [0.5, 0.6) is 0 Å². The van der Waals surface area contributed by atoms with Crippen molar-refractivity contribution in [2.75, 3.05) is 5.32 Å². The highest BCUT2D eigenvalue weighted by Crippen LogP contribution is 2.33. The zero-order valence-electron chi connectivity index (χ0n) is 15.4. The van der Waals surface area contributed by atoms with Crippen molar-refractivity contribution in [1.82, 2.24) is 10.3 Å². The molecule has 0 saturated heterocycles. The van der Waals surface area contributed by atoms with Gasteiger partial charge in [0.05, 0.1) is 20.9 Å². The summed E-state index contributed by atoms with van der Waals surface area (Å²) in [7, 11) is 0. The number of anilines is 1. The molecule has 4 aromatic rings. The molecular weight excluding hydrogens is 422 g/mol. The fourth-order valence-electron chi connectivity index (χ4n) is 2.90. The SMILES string of the molecule is Cc1ccccc1C(=O)NC(=S)Nc1cc(-c2nc3ccccc3s2)ccc1Cl. The Labute approximate surface area is 182 Å². The Hall–Kier alpha value is -2.80. The number of carbonyl (C=O) groups excluding carboxylic acids is 1. The van der Waals surface area contributed by atoms with Crippen molar-refractivity contribution in [2.24, 2.45) is 0 Å². The quantitative estimate of drug-likeness (QED) is 0.383. The van der Waals surface area contributed by atoms with Gasteiger partial charge in [-0.25, -0.2) is 4.98 Å². The van der Waals surface area contributed by atoms with Gasteiger partial charge in [-0.05, 0) is 55.0 Å². The van der Waals surface area contributed by atoms with Gasteiger partial charge in [0.25, 0.3) is 5.91 Å². The Morgan fingerprint density at radius 1 is 1.07 bits per heavy atom. The second-order valence-electron chi connectivity index (χ2n) is 6.40. The molecule has 1 amide bonds. The molecular formula is C22H16ClN3OS2. The number of benzene rings is 3. The number of hydrogen-bond acceptors (Lipinski definition) is 4. The lowest BCUT2D eigenvalue weighted by Crippen LogP contribution is -2.34. The van der Waals surface area contributed by atoms with E-state index in [0.29, 0.717) is 16.3 Å². The molecule has 4 rings (SSSR count). The molecule has 0 saturated carbocycles. The number of amides is 1. The lowest BCUT2D eigenvalue weighted by atomic mass is 10.1. The first-order valence-electron chi connectivity index (χ1n) is 8.85. The van der Waals surface area contributed by atoms with Gasteiger partial charge >= 0.3 is 0 Å². The fraction of sp³-hybridized carbons (Fsp3) is 0.0455. The summed E-state index contributed by atoms with van der Waals surface area (Å²) in [5.74, 6) is -0.265. The fourth-order valence-corrected chi connectivity index (χ4v) is 4.23. The number of thiocarbonyl (C=S) groups is 1. The molecule has 0 bridgehead atoms. The van der Waals surface area contributed by atoms with Crippen molar-refractivity contribution in [2.45, 2.75) is 6.92 Å². The summed E-state index contributed by atoms with van der Waals surface area (Å²) in [6, 6.07) is 20.9. The first-order valence-corrected chi connectivity index (χ1v) is 10.4. The third-order valence-corrected chi connectivity index (χ3v) is 5.99. The van der Waals surface area contributed by atoms with Gasteiger partial charge in [-0.3, -0.25) is 10.1 Å². The molecule has 2 N–H and O–H groups in total. The largest absolute Gasteiger partial charge is 0.331 e. The number of rotatable bonds is 3. The van der Waals surface area contributed by atoms with Crippen molar-refractivity contribution in [3.8, 4) is 10.6 Å². The highest BCUT2D eigenvalue weighted by atomic mass is 35.5. The van der Waals surface area contributed by atoms with Gasteiger partial charge in [0.15, 0.2) is 5.11 Å². The van der Waals surface area contributed by atoms with Gasteiger partial charge in [-0.1, -0.05) is 48.0 Å². The van der Waals surface area contributed by atoms with E-state index in [9.17, 15) is 4.79 Å². The van der Waals surface area contributed by atoms with E-state index in [1.807, 2.05) is 61.5 Å².